The third kappa shape index (κ3) is 2.69. The summed E-state index contributed by atoms with van der Waals surface area (Å²) < 4.78 is 0. The number of carbonyl (C=O) groups is 2. The van der Waals surface area contributed by atoms with Gasteiger partial charge in [-0.15, -0.1) is 0 Å². The van der Waals surface area contributed by atoms with Crippen LogP contribution in [0.2, 0.25) is 0 Å². The second-order valence-electron chi connectivity index (χ2n) is 7.43. The lowest BCUT2D eigenvalue weighted by Crippen LogP contribution is -3.16. The van der Waals surface area contributed by atoms with Crippen molar-refractivity contribution in [2.75, 3.05) is 37.7 Å². The Morgan fingerprint density at radius 3 is 2.54 bits per heavy atom. The monoisotopic (exact) mass is 330 g/mol. The summed E-state index contributed by atoms with van der Waals surface area (Å²) in [5, 5.41) is 0. The van der Waals surface area contributed by atoms with Crippen LogP contribution in [0.5, 0.6) is 0 Å². The van der Waals surface area contributed by atoms with E-state index in [2.05, 4.69) is 16.0 Å². The number of piperazine rings is 1. The largest absolute Gasteiger partial charge is 0.311 e. The molecule has 128 valence electrons. The van der Waals surface area contributed by atoms with Crippen molar-refractivity contribution < 1.29 is 19.5 Å². The van der Waals surface area contributed by atoms with E-state index < -0.39 is 0 Å². The van der Waals surface area contributed by atoms with Gasteiger partial charge in [-0.3, -0.25) is 14.5 Å². The van der Waals surface area contributed by atoms with Gasteiger partial charge in [0.1, 0.15) is 26.2 Å². The quantitative estimate of drug-likeness (QED) is 0.759. The van der Waals surface area contributed by atoms with Crippen molar-refractivity contribution in [2.24, 2.45) is 5.41 Å². The number of hydrogen-bond donors (Lipinski definition) is 1. The van der Waals surface area contributed by atoms with Gasteiger partial charge in [0, 0.05) is 12.5 Å². The van der Waals surface area contributed by atoms with E-state index in [0.29, 0.717) is 13.1 Å². The Bertz CT molecular complexity index is 619. The second kappa shape index (κ2) is 6.16. The molecule has 1 spiro atoms. The number of carbonyl (C=O) groups excluding carboxylic acids is 2. The van der Waals surface area contributed by atoms with Gasteiger partial charge >= 0.3 is 0 Å². The zero-order valence-electron chi connectivity index (χ0n) is 14.1. The predicted molar refractivity (Wildman–Crippen MR) is 88.1 cm³/mol. The number of imide groups is 1. The normalized spacial score (nSPS) is 24.3. The van der Waals surface area contributed by atoms with Gasteiger partial charge in [0.25, 0.3) is 5.82 Å². The number of aromatic amines is 1. The van der Waals surface area contributed by atoms with Crippen molar-refractivity contribution in [3.05, 3.63) is 24.4 Å². The van der Waals surface area contributed by atoms with E-state index in [1.54, 1.807) is 4.90 Å². The van der Waals surface area contributed by atoms with Gasteiger partial charge < -0.3 is 4.90 Å². The van der Waals surface area contributed by atoms with Gasteiger partial charge in [0.05, 0.1) is 11.6 Å². The van der Waals surface area contributed by atoms with E-state index in [-0.39, 0.29) is 17.2 Å². The predicted octanol–water partition coefficient (Wildman–Crippen LogP) is -0.518. The summed E-state index contributed by atoms with van der Waals surface area (Å²) in [6.07, 6.45) is 6.38. The Hall–Kier alpha value is -1.95. The maximum Gasteiger partial charge on any atom is 0.274 e. The van der Waals surface area contributed by atoms with Crippen molar-refractivity contribution >= 4 is 17.6 Å². The molecule has 0 radical (unpaired) electrons. The Morgan fingerprint density at radius 1 is 1.12 bits per heavy atom. The summed E-state index contributed by atoms with van der Waals surface area (Å²) in [6.45, 7) is 4.33. The topological polar surface area (TPSA) is 59.2 Å². The van der Waals surface area contributed by atoms with Crippen LogP contribution in [-0.2, 0) is 9.59 Å². The number of amides is 2. The highest BCUT2D eigenvalue weighted by atomic mass is 16.2. The molecule has 1 aromatic heterocycles. The van der Waals surface area contributed by atoms with Crippen LogP contribution in [-0.4, -0.2) is 49.6 Å². The number of rotatable bonds is 3. The average Bonchev–Trinajstić information content (AvgIpc) is 3.17. The zero-order valence-corrected chi connectivity index (χ0v) is 14.1. The van der Waals surface area contributed by atoms with Crippen molar-refractivity contribution in [1.29, 1.82) is 0 Å². The molecular weight excluding hydrogens is 304 g/mol. The molecule has 2 aliphatic heterocycles. The van der Waals surface area contributed by atoms with E-state index in [0.717, 1.165) is 57.7 Å². The van der Waals surface area contributed by atoms with E-state index in [1.807, 2.05) is 18.3 Å². The summed E-state index contributed by atoms with van der Waals surface area (Å²) in [5.41, 5.74) is -0.336. The highest BCUT2D eigenvalue weighted by molar-refractivity contribution is 6.05. The molecule has 0 aromatic carbocycles. The van der Waals surface area contributed by atoms with Crippen LogP contribution in [0.15, 0.2) is 24.4 Å². The van der Waals surface area contributed by atoms with Crippen LogP contribution in [0.1, 0.15) is 32.1 Å². The number of quaternary nitrogens is 1. The van der Waals surface area contributed by atoms with Gasteiger partial charge in [0.15, 0.2) is 6.67 Å². The average molecular weight is 330 g/mol. The maximum absolute atomic E-state index is 12.8. The van der Waals surface area contributed by atoms with Gasteiger partial charge in [-0.1, -0.05) is 18.9 Å². The van der Waals surface area contributed by atoms with Crippen molar-refractivity contribution in [2.45, 2.75) is 32.1 Å². The van der Waals surface area contributed by atoms with Crippen molar-refractivity contribution in [3.8, 4) is 0 Å². The van der Waals surface area contributed by atoms with Crippen LogP contribution < -0.4 is 14.8 Å². The van der Waals surface area contributed by atoms with Crippen molar-refractivity contribution in [1.82, 2.24) is 4.90 Å². The van der Waals surface area contributed by atoms with Gasteiger partial charge in [-0.2, -0.15) is 0 Å². The Morgan fingerprint density at radius 2 is 1.88 bits per heavy atom. The Kier molecular flexibility index (Phi) is 4.00. The number of aromatic nitrogens is 1. The van der Waals surface area contributed by atoms with E-state index >= 15 is 0 Å². The standard InChI is InChI=1S/C18H24N4O2/c23-16-13-18(6-2-3-7-18)17(24)22(16)14-20-9-11-21(12-10-20)15-5-1-4-8-19-15/h1,4-5,8H,2-3,6-7,9-14H2/p+2. The minimum absolute atomic E-state index is 0.0493. The number of nitrogens with one attached hydrogen (secondary N) is 2. The summed E-state index contributed by atoms with van der Waals surface area (Å²) in [7, 11) is 0. The third-order valence-electron chi connectivity index (χ3n) is 5.94. The summed E-state index contributed by atoms with van der Waals surface area (Å²) >= 11 is 0. The molecule has 24 heavy (non-hydrogen) atoms. The van der Waals surface area contributed by atoms with E-state index in [1.165, 1.54) is 4.90 Å². The number of pyridine rings is 1. The van der Waals surface area contributed by atoms with E-state index in [9.17, 15) is 9.59 Å². The first-order valence-electron chi connectivity index (χ1n) is 9.08. The Balaban J connectivity index is 1.36. The zero-order chi connectivity index (χ0) is 16.6. The van der Waals surface area contributed by atoms with Gasteiger partial charge in [-0.25, -0.2) is 9.88 Å². The molecule has 0 bridgehead atoms. The third-order valence-corrected chi connectivity index (χ3v) is 5.94. The molecule has 1 saturated carbocycles. The number of hydrogen-bond acceptors (Lipinski definition) is 3. The molecule has 6 heteroatoms. The van der Waals surface area contributed by atoms with Crippen LogP contribution in [0.3, 0.4) is 0 Å². The molecule has 1 aliphatic carbocycles. The highest BCUT2D eigenvalue weighted by Gasteiger charge is 2.53. The molecule has 2 amide bonds. The van der Waals surface area contributed by atoms with E-state index in [4.69, 9.17) is 0 Å². The highest BCUT2D eigenvalue weighted by Crippen LogP contribution is 2.46. The lowest BCUT2D eigenvalue weighted by atomic mass is 9.85. The molecule has 0 unspecified atom stereocenters. The molecule has 2 saturated heterocycles. The first kappa shape index (κ1) is 15.6. The molecule has 3 heterocycles. The fraction of sp³-hybridized carbons (Fsp3) is 0.611. The molecule has 1 aromatic rings. The first-order valence-corrected chi connectivity index (χ1v) is 9.08. The smallest absolute Gasteiger partial charge is 0.274 e. The molecule has 0 atom stereocenters. The summed E-state index contributed by atoms with van der Waals surface area (Å²) in [6, 6.07) is 6.10. The van der Waals surface area contributed by atoms with Gasteiger partial charge in [0.2, 0.25) is 11.8 Å². The van der Waals surface area contributed by atoms with Crippen LogP contribution in [0.25, 0.3) is 0 Å². The fourth-order valence-electron chi connectivity index (χ4n) is 4.49. The van der Waals surface area contributed by atoms with Crippen LogP contribution >= 0.6 is 0 Å². The molecule has 2 N–H and O–H groups in total. The maximum atomic E-state index is 12.8. The number of likely N-dealkylation sites (tertiary alicyclic amines) is 1. The number of H-pyrrole nitrogens is 1. The number of nitrogens with zero attached hydrogens (tertiary/aromatic N) is 2. The molecule has 4 rings (SSSR count). The minimum Gasteiger partial charge on any atom is -0.311 e. The second-order valence-corrected chi connectivity index (χ2v) is 7.43. The molecule has 3 aliphatic rings. The molecular formula is C18H26N4O2+2. The Labute approximate surface area is 142 Å². The SMILES string of the molecule is O=C1CC2(CCCC2)C(=O)N1C[NH+]1CCN(c2cccc[nH+]2)CC1. The molecule has 6 nitrogen and oxygen atoms in total. The van der Waals surface area contributed by atoms with Crippen LogP contribution in [0.4, 0.5) is 5.82 Å². The summed E-state index contributed by atoms with van der Waals surface area (Å²) in [5.74, 6) is 1.29. The lowest BCUT2D eigenvalue weighted by molar-refractivity contribution is -0.908. The number of anilines is 1. The fourth-order valence-corrected chi connectivity index (χ4v) is 4.49. The van der Waals surface area contributed by atoms with Gasteiger partial charge in [-0.05, 0) is 18.9 Å². The lowest BCUT2D eigenvalue weighted by Gasteiger charge is -2.30. The summed E-state index contributed by atoms with van der Waals surface area (Å²) in [4.78, 5) is 33.7. The van der Waals surface area contributed by atoms with Crippen molar-refractivity contribution in [3.63, 3.8) is 0 Å². The first-order chi connectivity index (χ1) is 11.7. The van der Waals surface area contributed by atoms with Crippen LogP contribution in [0, 0.1) is 5.41 Å². The minimum atomic E-state index is -0.336. The molecule has 3 fully saturated rings.